The van der Waals surface area contributed by atoms with Crippen molar-refractivity contribution in [3.8, 4) is 0 Å². The summed E-state index contributed by atoms with van der Waals surface area (Å²) >= 11 is 0. The van der Waals surface area contributed by atoms with Crippen LogP contribution in [0.4, 0.5) is 0 Å². The summed E-state index contributed by atoms with van der Waals surface area (Å²) in [4.78, 5) is 38.4. The first-order valence-corrected chi connectivity index (χ1v) is 7.10. The van der Waals surface area contributed by atoms with E-state index >= 15 is 0 Å². The number of imide groups is 1. The molecule has 1 saturated carbocycles. The highest BCUT2D eigenvalue weighted by atomic mass is 16.5. The second-order valence-corrected chi connectivity index (χ2v) is 6.26. The van der Waals surface area contributed by atoms with E-state index in [0.717, 1.165) is 6.42 Å². The van der Waals surface area contributed by atoms with Crippen molar-refractivity contribution in [3.05, 3.63) is 12.2 Å². The van der Waals surface area contributed by atoms with E-state index in [1.165, 1.54) is 12.0 Å². The number of ether oxygens (including phenoxy) is 1. The van der Waals surface area contributed by atoms with Gasteiger partial charge in [0.1, 0.15) is 6.04 Å². The minimum absolute atomic E-state index is 0.153. The van der Waals surface area contributed by atoms with Gasteiger partial charge in [0.05, 0.1) is 18.9 Å². The van der Waals surface area contributed by atoms with E-state index in [4.69, 9.17) is 4.74 Å². The number of allylic oxidation sites excluding steroid dienone is 2. The van der Waals surface area contributed by atoms with Crippen molar-refractivity contribution < 1.29 is 19.1 Å². The molecule has 5 heteroatoms. The second kappa shape index (κ2) is 4.43. The van der Waals surface area contributed by atoms with Crippen LogP contribution in [-0.2, 0) is 19.1 Å². The fraction of sp³-hybridized carbons (Fsp3) is 0.667. The fourth-order valence-electron chi connectivity index (χ4n) is 4.00. The summed E-state index contributed by atoms with van der Waals surface area (Å²) in [5, 5.41) is 0. The predicted molar refractivity (Wildman–Crippen MR) is 70.2 cm³/mol. The van der Waals surface area contributed by atoms with E-state index in [-0.39, 0.29) is 41.4 Å². The molecule has 5 atom stereocenters. The first-order chi connectivity index (χ1) is 9.47. The first-order valence-electron chi connectivity index (χ1n) is 7.10. The van der Waals surface area contributed by atoms with Gasteiger partial charge in [-0.15, -0.1) is 0 Å². The molecule has 0 N–H and O–H groups in total. The number of rotatable bonds is 3. The van der Waals surface area contributed by atoms with Gasteiger partial charge < -0.3 is 4.74 Å². The molecular weight excluding hydrogens is 258 g/mol. The Bertz CT molecular complexity index is 480. The van der Waals surface area contributed by atoms with Crippen molar-refractivity contribution in [2.24, 2.45) is 29.6 Å². The van der Waals surface area contributed by atoms with Crippen LogP contribution in [0, 0.1) is 29.6 Å². The fourth-order valence-corrected chi connectivity index (χ4v) is 4.00. The average Bonchev–Trinajstić information content (AvgIpc) is 3.07. The van der Waals surface area contributed by atoms with Crippen molar-refractivity contribution >= 4 is 17.8 Å². The molecule has 3 aliphatic rings. The summed E-state index contributed by atoms with van der Waals surface area (Å²) in [6.07, 6.45) is 4.98. The third-order valence-electron chi connectivity index (χ3n) is 4.86. The van der Waals surface area contributed by atoms with E-state index in [1.54, 1.807) is 0 Å². The summed E-state index contributed by atoms with van der Waals surface area (Å²) in [5.41, 5.74) is 0. The lowest BCUT2D eigenvalue weighted by Gasteiger charge is -2.28. The number of likely N-dealkylation sites (tertiary alicyclic amines) is 1. The molecule has 20 heavy (non-hydrogen) atoms. The summed E-state index contributed by atoms with van der Waals surface area (Å²) in [7, 11) is 1.29. The molecule has 108 valence electrons. The third kappa shape index (κ3) is 1.58. The highest BCUT2D eigenvalue weighted by molar-refractivity contribution is 6.09. The van der Waals surface area contributed by atoms with E-state index < -0.39 is 12.0 Å². The number of esters is 1. The maximum absolute atomic E-state index is 12.6. The number of methoxy groups -OCH3 is 1. The Hall–Kier alpha value is -1.65. The molecule has 2 amide bonds. The summed E-state index contributed by atoms with van der Waals surface area (Å²) in [6, 6.07) is -0.801. The van der Waals surface area contributed by atoms with Gasteiger partial charge in [0.25, 0.3) is 0 Å². The quantitative estimate of drug-likeness (QED) is 0.438. The molecule has 1 saturated heterocycles. The largest absolute Gasteiger partial charge is 0.467 e. The Kier molecular flexibility index (Phi) is 2.96. The maximum atomic E-state index is 12.6. The van der Waals surface area contributed by atoms with Crippen molar-refractivity contribution in [1.82, 2.24) is 4.90 Å². The average molecular weight is 277 g/mol. The Morgan fingerprint density at radius 2 is 1.70 bits per heavy atom. The van der Waals surface area contributed by atoms with Crippen LogP contribution in [0.15, 0.2) is 12.2 Å². The Morgan fingerprint density at radius 3 is 2.10 bits per heavy atom. The Balaban J connectivity index is 1.94. The number of hydrogen-bond donors (Lipinski definition) is 0. The van der Waals surface area contributed by atoms with E-state index in [2.05, 4.69) is 0 Å². The molecular formula is C15H19NO4. The molecule has 0 aromatic heterocycles. The smallest absolute Gasteiger partial charge is 0.329 e. The van der Waals surface area contributed by atoms with Crippen LogP contribution in [0.3, 0.4) is 0 Å². The number of nitrogens with zero attached hydrogens (tertiary/aromatic N) is 1. The SMILES string of the molecule is COC(=O)[C@H](C(C)C)N1C(=O)[C@@H]2[C@H](C1=O)[C@@H]1C=C[C@H]2C1. The molecule has 0 radical (unpaired) electrons. The van der Waals surface area contributed by atoms with Crippen LogP contribution < -0.4 is 0 Å². The molecule has 1 aliphatic heterocycles. The van der Waals surface area contributed by atoms with Gasteiger partial charge in [-0.25, -0.2) is 4.79 Å². The van der Waals surface area contributed by atoms with Gasteiger partial charge in [0.15, 0.2) is 0 Å². The van der Waals surface area contributed by atoms with Crippen LogP contribution in [0.25, 0.3) is 0 Å². The van der Waals surface area contributed by atoms with Gasteiger partial charge in [-0.3, -0.25) is 14.5 Å². The van der Waals surface area contributed by atoms with Crippen LogP contribution in [0.2, 0.25) is 0 Å². The molecule has 0 unspecified atom stereocenters. The summed E-state index contributed by atoms with van der Waals surface area (Å²) in [5.74, 6) is -1.25. The lowest BCUT2D eigenvalue weighted by atomic mass is 9.85. The number of hydrogen-bond acceptors (Lipinski definition) is 4. The topological polar surface area (TPSA) is 63.7 Å². The molecule has 0 aromatic carbocycles. The normalized spacial score (nSPS) is 35.9. The van der Waals surface area contributed by atoms with Crippen LogP contribution >= 0.6 is 0 Å². The lowest BCUT2D eigenvalue weighted by molar-refractivity contribution is -0.159. The first kappa shape index (κ1) is 13.3. The van der Waals surface area contributed by atoms with Crippen molar-refractivity contribution in [2.45, 2.75) is 26.3 Å². The minimum Gasteiger partial charge on any atom is -0.467 e. The monoisotopic (exact) mass is 277 g/mol. The number of carbonyl (C=O) groups excluding carboxylic acids is 3. The zero-order valence-corrected chi connectivity index (χ0v) is 11.9. The van der Waals surface area contributed by atoms with Gasteiger partial charge >= 0.3 is 5.97 Å². The van der Waals surface area contributed by atoms with Gasteiger partial charge in [0, 0.05) is 0 Å². The molecule has 5 nitrogen and oxygen atoms in total. The third-order valence-corrected chi connectivity index (χ3v) is 4.86. The Morgan fingerprint density at radius 1 is 1.20 bits per heavy atom. The van der Waals surface area contributed by atoms with Crippen molar-refractivity contribution in [3.63, 3.8) is 0 Å². The highest BCUT2D eigenvalue weighted by Gasteiger charge is 2.61. The van der Waals surface area contributed by atoms with Crippen LogP contribution in [-0.4, -0.2) is 35.8 Å². The number of amides is 2. The molecule has 2 bridgehead atoms. The Labute approximate surface area is 117 Å². The molecule has 0 spiro atoms. The summed E-state index contributed by atoms with van der Waals surface area (Å²) < 4.78 is 4.77. The highest BCUT2D eigenvalue weighted by Crippen LogP contribution is 2.53. The van der Waals surface area contributed by atoms with Crippen LogP contribution in [0.5, 0.6) is 0 Å². The molecule has 1 heterocycles. The summed E-state index contributed by atoms with van der Waals surface area (Å²) in [6.45, 7) is 3.65. The minimum atomic E-state index is -0.801. The predicted octanol–water partition coefficient (Wildman–Crippen LogP) is 0.991. The number of carbonyl (C=O) groups is 3. The molecule has 2 aliphatic carbocycles. The van der Waals surface area contributed by atoms with Gasteiger partial charge in [-0.1, -0.05) is 26.0 Å². The lowest BCUT2D eigenvalue weighted by Crippen LogP contribution is -2.49. The van der Waals surface area contributed by atoms with E-state index in [9.17, 15) is 14.4 Å². The van der Waals surface area contributed by atoms with Crippen LogP contribution in [0.1, 0.15) is 20.3 Å². The molecule has 3 rings (SSSR count). The van der Waals surface area contributed by atoms with E-state index in [1.807, 2.05) is 26.0 Å². The second-order valence-electron chi connectivity index (χ2n) is 6.26. The van der Waals surface area contributed by atoms with Gasteiger partial charge in [-0.2, -0.15) is 0 Å². The van der Waals surface area contributed by atoms with Crippen molar-refractivity contribution in [1.29, 1.82) is 0 Å². The number of fused-ring (bicyclic) bond motifs is 5. The van der Waals surface area contributed by atoms with Gasteiger partial charge in [-0.05, 0) is 24.2 Å². The standard InChI is InChI=1S/C15H19NO4/c1-7(2)12(15(19)20-3)16-13(17)10-8-4-5-9(6-8)11(10)14(16)18/h4-5,7-12H,6H2,1-3H3/t8-,9+,10-,11+,12-/m0/s1. The van der Waals surface area contributed by atoms with Gasteiger partial charge in [0.2, 0.25) is 11.8 Å². The molecule has 2 fully saturated rings. The maximum Gasteiger partial charge on any atom is 0.329 e. The van der Waals surface area contributed by atoms with Crippen molar-refractivity contribution in [2.75, 3.05) is 7.11 Å². The zero-order chi connectivity index (χ0) is 14.6. The zero-order valence-electron chi connectivity index (χ0n) is 11.9. The van der Waals surface area contributed by atoms with E-state index in [0.29, 0.717) is 0 Å². The molecule has 0 aromatic rings.